The molecular formula is C29H20N4. The van der Waals surface area contributed by atoms with Gasteiger partial charge in [-0.2, -0.15) is 0 Å². The molecule has 0 fully saturated rings. The van der Waals surface area contributed by atoms with Crippen LogP contribution in [0.3, 0.4) is 0 Å². The van der Waals surface area contributed by atoms with Crippen LogP contribution in [0.25, 0.3) is 60.8 Å². The zero-order chi connectivity index (χ0) is 21.9. The van der Waals surface area contributed by atoms with E-state index in [9.17, 15) is 0 Å². The van der Waals surface area contributed by atoms with Gasteiger partial charge in [0.2, 0.25) is 5.95 Å². The Morgan fingerprint density at radius 3 is 1.85 bits per heavy atom. The summed E-state index contributed by atoms with van der Waals surface area (Å²) in [5.41, 5.74) is 6.68. The van der Waals surface area contributed by atoms with Crippen molar-refractivity contribution in [2.75, 3.05) is 0 Å². The van der Waals surface area contributed by atoms with Gasteiger partial charge < -0.3 is 4.57 Å². The number of hydrogen-bond donors (Lipinski definition) is 0. The van der Waals surface area contributed by atoms with Crippen LogP contribution in [0, 0.1) is 0 Å². The molecule has 0 unspecified atom stereocenters. The summed E-state index contributed by atoms with van der Waals surface area (Å²) in [6.07, 6.45) is 1.86. The predicted octanol–water partition coefficient (Wildman–Crippen LogP) is 6.89. The van der Waals surface area contributed by atoms with Crippen molar-refractivity contribution in [1.82, 2.24) is 19.1 Å². The monoisotopic (exact) mass is 424 g/mol. The minimum absolute atomic E-state index is 0.683. The van der Waals surface area contributed by atoms with Crippen molar-refractivity contribution in [3.8, 4) is 17.2 Å². The van der Waals surface area contributed by atoms with Crippen molar-refractivity contribution >= 4 is 43.6 Å². The van der Waals surface area contributed by atoms with E-state index in [0.717, 1.165) is 22.3 Å². The predicted molar refractivity (Wildman–Crippen MR) is 136 cm³/mol. The molecule has 0 spiro atoms. The van der Waals surface area contributed by atoms with Crippen molar-refractivity contribution < 1.29 is 0 Å². The molecule has 0 aliphatic carbocycles. The van der Waals surface area contributed by atoms with Crippen LogP contribution < -0.4 is 0 Å². The fourth-order valence-electron chi connectivity index (χ4n) is 5.08. The molecular weight excluding hydrogens is 404 g/mol. The van der Waals surface area contributed by atoms with Crippen LogP contribution >= 0.6 is 0 Å². The summed E-state index contributed by atoms with van der Waals surface area (Å²) in [7, 11) is 2.12. The summed E-state index contributed by atoms with van der Waals surface area (Å²) in [4.78, 5) is 9.70. The van der Waals surface area contributed by atoms with Gasteiger partial charge in [0.1, 0.15) is 0 Å². The Kier molecular flexibility index (Phi) is 3.73. The number of benzene rings is 4. The lowest BCUT2D eigenvalue weighted by Gasteiger charge is -2.08. The summed E-state index contributed by atoms with van der Waals surface area (Å²) in [6, 6.07) is 34.0. The average molecular weight is 425 g/mol. The standard InChI is InChI=1S/C29H20N4/c1-32-25-11-5-2-10-22(25)23-18-19(14-15-26(23)32)24-16-17-30-29(31-24)33-27-12-6-3-8-20(27)21-9-4-7-13-28(21)33/h2-18H,1H3. The van der Waals surface area contributed by atoms with Gasteiger partial charge in [0.15, 0.2) is 0 Å². The van der Waals surface area contributed by atoms with Crippen LogP contribution in [0.5, 0.6) is 0 Å². The highest BCUT2D eigenvalue weighted by molar-refractivity contribution is 6.10. The molecule has 0 atom stereocenters. The summed E-state index contributed by atoms with van der Waals surface area (Å²) in [5, 5.41) is 4.91. The molecule has 156 valence electrons. The summed E-state index contributed by atoms with van der Waals surface area (Å²) >= 11 is 0. The molecule has 0 aliphatic rings. The van der Waals surface area contributed by atoms with Gasteiger partial charge >= 0.3 is 0 Å². The Balaban J connectivity index is 1.46. The van der Waals surface area contributed by atoms with E-state index >= 15 is 0 Å². The minimum Gasteiger partial charge on any atom is -0.344 e. The van der Waals surface area contributed by atoms with Crippen LogP contribution in [0.4, 0.5) is 0 Å². The van der Waals surface area contributed by atoms with Crippen molar-refractivity contribution in [3.05, 3.63) is 103 Å². The van der Waals surface area contributed by atoms with E-state index in [-0.39, 0.29) is 0 Å². The highest BCUT2D eigenvalue weighted by Gasteiger charge is 2.15. The normalized spacial score (nSPS) is 11.8. The SMILES string of the molecule is Cn1c2ccccc2c2cc(-c3ccnc(-n4c5ccccc5c5ccccc54)n3)ccc21. The number of aromatic nitrogens is 4. The minimum atomic E-state index is 0.683. The smallest absolute Gasteiger partial charge is 0.235 e. The maximum Gasteiger partial charge on any atom is 0.235 e. The molecule has 0 bridgehead atoms. The zero-order valence-corrected chi connectivity index (χ0v) is 18.1. The van der Waals surface area contributed by atoms with Gasteiger partial charge in [0.05, 0.1) is 16.7 Å². The molecule has 0 N–H and O–H groups in total. The molecule has 0 amide bonds. The molecule has 0 aliphatic heterocycles. The van der Waals surface area contributed by atoms with E-state index in [4.69, 9.17) is 4.98 Å². The number of nitrogens with zero attached hydrogens (tertiary/aromatic N) is 4. The Bertz CT molecular complexity index is 1780. The summed E-state index contributed by atoms with van der Waals surface area (Å²) in [5.74, 6) is 0.683. The maximum absolute atomic E-state index is 5.02. The second-order valence-electron chi connectivity index (χ2n) is 8.42. The van der Waals surface area contributed by atoms with Crippen LogP contribution in [0.15, 0.2) is 103 Å². The van der Waals surface area contributed by atoms with E-state index in [1.165, 1.54) is 32.6 Å². The lowest BCUT2D eigenvalue weighted by molar-refractivity contribution is 0.992. The summed E-state index contributed by atoms with van der Waals surface area (Å²) in [6.45, 7) is 0. The van der Waals surface area contributed by atoms with Crippen molar-refractivity contribution in [2.24, 2.45) is 7.05 Å². The number of aryl methyl sites for hydroxylation is 1. The molecule has 0 saturated carbocycles. The zero-order valence-electron chi connectivity index (χ0n) is 18.1. The summed E-state index contributed by atoms with van der Waals surface area (Å²) < 4.78 is 4.41. The Morgan fingerprint density at radius 2 is 1.15 bits per heavy atom. The second kappa shape index (κ2) is 6.78. The first kappa shape index (κ1) is 18.2. The Labute approximate surface area is 190 Å². The lowest BCUT2D eigenvalue weighted by atomic mass is 10.1. The molecule has 0 saturated heterocycles. The maximum atomic E-state index is 5.02. The topological polar surface area (TPSA) is 35.6 Å². The van der Waals surface area contributed by atoms with E-state index in [1.54, 1.807) is 0 Å². The number of rotatable bonds is 2. The molecule has 4 heteroatoms. The molecule has 7 aromatic rings. The van der Waals surface area contributed by atoms with E-state index in [0.29, 0.717) is 5.95 Å². The fourth-order valence-corrected chi connectivity index (χ4v) is 5.08. The first-order valence-corrected chi connectivity index (χ1v) is 11.1. The first-order chi connectivity index (χ1) is 16.3. The number of fused-ring (bicyclic) bond motifs is 6. The molecule has 4 aromatic carbocycles. The molecule has 4 nitrogen and oxygen atoms in total. The van der Waals surface area contributed by atoms with Gasteiger partial charge in [-0.25, -0.2) is 9.97 Å². The highest BCUT2D eigenvalue weighted by Crippen LogP contribution is 2.33. The third kappa shape index (κ3) is 2.58. The van der Waals surface area contributed by atoms with Gasteiger partial charge in [-0.15, -0.1) is 0 Å². The van der Waals surface area contributed by atoms with Crippen molar-refractivity contribution in [2.45, 2.75) is 0 Å². The number of hydrogen-bond acceptors (Lipinski definition) is 2. The molecule has 3 aromatic heterocycles. The van der Waals surface area contributed by atoms with Crippen LogP contribution in [0.1, 0.15) is 0 Å². The van der Waals surface area contributed by atoms with Crippen molar-refractivity contribution in [3.63, 3.8) is 0 Å². The molecule has 3 heterocycles. The lowest BCUT2D eigenvalue weighted by Crippen LogP contribution is -2.01. The van der Waals surface area contributed by atoms with Crippen molar-refractivity contribution in [1.29, 1.82) is 0 Å². The Morgan fingerprint density at radius 1 is 0.576 bits per heavy atom. The van der Waals surface area contributed by atoms with Crippen LogP contribution in [-0.4, -0.2) is 19.1 Å². The fraction of sp³-hybridized carbons (Fsp3) is 0.0345. The van der Waals surface area contributed by atoms with E-state index in [1.807, 2.05) is 12.3 Å². The van der Waals surface area contributed by atoms with Gasteiger partial charge in [0, 0.05) is 51.4 Å². The Hall–Kier alpha value is -4.44. The van der Waals surface area contributed by atoms with Crippen LogP contribution in [0.2, 0.25) is 0 Å². The van der Waals surface area contributed by atoms with Gasteiger partial charge in [-0.1, -0.05) is 60.7 Å². The second-order valence-corrected chi connectivity index (χ2v) is 8.42. The van der Waals surface area contributed by atoms with Gasteiger partial charge in [-0.3, -0.25) is 4.57 Å². The third-order valence-electron chi connectivity index (χ3n) is 6.63. The number of para-hydroxylation sites is 3. The molecule has 33 heavy (non-hydrogen) atoms. The largest absolute Gasteiger partial charge is 0.344 e. The van der Waals surface area contributed by atoms with E-state index in [2.05, 4.69) is 112 Å². The van der Waals surface area contributed by atoms with Gasteiger partial charge in [0.25, 0.3) is 0 Å². The quantitative estimate of drug-likeness (QED) is 0.303. The van der Waals surface area contributed by atoms with Crippen LogP contribution in [-0.2, 0) is 7.05 Å². The molecule has 0 radical (unpaired) electrons. The van der Waals surface area contributed by atoms with Gasteiger partial charge in [-0.05, 0) is 36.4 Å². The highest BCUT2D eigenvalue weighted by atomic mass is 15.2. The molecule has 7 rings (SSSR count). The average Bonchev–Trinajstić information content (AvgIpc) is 3.37. The first-order valence-electron chi connectivity index (χ1n) is 11.1. The third-order valence-corrected chi connectivity index (χ3v) is 6.63. The van der Waals surface area contributed by atoms with E-state index < -0.39 is 0 Å².